The molecule has 2 N–H and O–H groups in total. The molecule has 1 aromatic heterocycles. The molecule has 5 rings (SSSR count). The topological polar surface area (TPSA) is 85.4 Å². The highest BCUT2D eigenvalue weighted by Crippen LogP contribution is 2.70. The number of aromatic nitrogens is 2. The fraction of sp³-hybridized carbons (Fsp3) is 0.591. The van der Waals surface area contributed by atoms with Crippen molar-refractivity contribution in [3.8, 4) is 11.5 Å². The molecule has 1 fully saturated rings. The van der Waals surface area contributed by atoms with E-state index < -0.39 is 5.41 Å². The number of nitrogens with zero attached hydrogens (tertiary/aromatic N) is 2. The van der Waals surface area contributed by atoms with Crippen LogP contribution in [-0.2, 0) is 15.6 Å². The zero-order chi connectivity index (χ0) is 20.8. The number of hydrogen-bond acceptors (Lipinski definition) is 6. The van der Waals surface area contributed by atoms with Gasteiger partial charge in [0.15, 0.2) is 11.5 Å². The maximum Gasteiger partial charge on any atom is 0.247 e. The maximum absolute atomic E-state index is 13.6. The van der Waals surface area contributed by atoms with Gasteiger partial charge in [0.05, 0.1) is 22.4 Å². The number of fused-ring (bicyclic) bond motifs is 7. The Morgan fingerprint density at radius 3 is 2.17 bits per heavy atom. The average Bonchev–Trinajstić information content (AvgIpc) is 3.21. The Balaban J connectivity index is 1.69. The Morgan fingerprint density at radius 2 is 1.59 bits per heavy atom. The van der Waals surface area contributed by atoms with Gasteiger partial charge in [-0.05, 0) is 39.0 Å². The zero-order valence-corrected chi connectivity index (χ0v) is 17.9. The molecule has 3 aliphatic rings. The minimum Gasteiger partial charge on any atom is -0.454 e. The lowest BCUT2D eigenvalue weighted by atomic mass is 9.63. The fourth-order valence-corrected chi connectivity index (χ4v) is 5.35. The standard InChI is InChI=1S/C22H28N4O3/c1-19(2,3)26-25-18(27)22-8-7-21(6,20(22,4)5)16-17(22)24-13-10-15-14(28-11-29-15)9-12(13)23-16/h9-10,26H,7-8,11H2,1-6H3,(H,25,27). The molecule has 2 aliphatic carbocycles. The Morgan fingerprint density at radius 1 is 1.00 bits per heavy atom. The summed E-state index contributed by atoms with van der Waals surface area (Å²) in [6.45, 7) is 12.8. The number of rotatable bonds is 2. The zero-order valence-electron chi connectivity index (χ0n) is 17.9. The molecule has 2 bridgehead atoms. The lowest BCUT2D eigenvalue weighted by Crippen LogP contribution is -2.58. The second-order valence-electron chi connectivity index (χ2n) is 10.3. The van der Waals surface area contributed by atoms with Gasteiger partial charge in [-0.25, -0.2) is 15.4 Å². The van der Waals surface area contributed by atoms with Crippen LogP contribution in [0, 0.1) is 5.41 Å². The van der Waals surface area contributed by atoms with E-state index in [9.17, 15) is 4.79 Å². The highest BCUT2D eigenvalue weighted by Gasteiger charge is 2.73. The normalized spacial score (nSPS) is 28.6. The Bertz CT molecular complexity index is 1060. The Hall–Kier alpha value is -2.41. The van der Waals surface area contributed by atoms with Gasteiger partial charge < -0.3 is 9.47 Å². The van der Waals surface area contributed by atoms with Crippen molar-refractivity contribution >= 4 is 16.9 Å². The highest BCUT2D eigenvalue weighted by molar-refractivity contribution is 5.93. The molecule has 1 aromatic carbocycles. The predicted octanol–water partition coefficient (Wildman–Crippen LogP) is 3.11. The van der Waals surface area contributed by atoms with E-state index in [4.69, 9.17) is 19.4 Å². The van der Waals surface area contributed by atoms with Gasteiger partial charge in [0.25, 0.3) is 0 Å². The van der Waals surface area contributed by atoms with Crippen molar-refractivity contribution in [3.05, 3.63) is 23.5 Å². The smallest absolute Gasteiger partial charge is 0.247 e. The van der Waals surface area contributed by atoms with Gasteiger partial charge in [0.2, 0.25) is 12.7 Å². The molecule has 2 unspecified atom stereocenters. The molecule has 7 heteroatoms. The summed E-state index contributed by atoms with van der Waals surface area (Å²) in [6, 6.07) is 3.76. The summed E-state index contributed by atoms with van der Waals surface area (Å²) in [7, 11) is 0. The number of ether oxygens (including phenoxy) is 2. The van der Waals surface area contributed by atoms with E-state index in [1.165, 1.54) is 0 Å². The largest absolute Gasteiger partial charge is 0.454 e. The molecule has 1 aliphatic heterocycles. The third-order valence-electron chi connectivity index (χ3n) is 7.47. The van der Waals surface area contributed by atoms with E-state index in [2.05, 4.69) is 31.6 Å². The SMILES string of the molecule is CC(C)(C)NNC(=O)C12CCC(C)(c3nc4cc5c(cc4nc31)OCO5)C2(C)C. The van der Waals surface area contributed by atoms with Crippen LogP contribution in [0.1, 0.15) is 65.8 Å². The first-order chi connectivity index (χ1) is 13.5. The molecule has 7 nitrogen and oxygen atoms in total. The maximum atomic E-state index is 13.6. The van der Waals surface area contributed by atoms with E-state index in [1.54, 1.807) is 0 Å². The van der Waals surface area contributed by atoms with Crippen LogP contribution in [0.4, 0.5) is 0 Å². The number of hydrogen-bond donors (Lipinski definition) is 2. The number of carbonyl (C=O) groups excluding carboxylic acids is 1. The summed E-state index contributed by atoms with van der Waals surface area (Å²) in [6.07, 6.45) is 1.66. The quantitative estimate of drug-likeness (QED) is 0.759. The average molecular weight is 396 g/mol. The van der Waals surface area contributed by atoms with Crippen molar-refractivity contribution in [2.45, 2.75) is 70.8 Å². The first-order valence-electron chi connectivity index (χ1n) is 10.2. The van der Waals surface area contributed by atoms with Gasteiger partial charge in [-0.1, -0.05) is 20.8 Å². The summed E-state index contributed by atoms with van der Waals surface area (Å²) < 4.78 is 11.0. The third-order valence-corrected chi connectivity index (χ3v) is 7.47. The second kappa shape index (κ2) is 5.39. The molecule has 154 valence electrons. The second-order valence-corrected chi connectivity index (χ2v) is 10.3. The Kier molecular flexibility index (Phi) is 3.46. The summed E-state index contributed by atoms with van der Waals surface area (Å²) in [4.78, 5) is 23.7. The van der Waals surface area contributed by atoms with Gasteiger partial charge >= 0.3 is 0 Å². The van der Waals surface area contributed by atoms with Crippen LogP contribution in [0.5, 0.6) is 11.5 Å². The molecule has 2 heterocycles. The van der Waals surface area contributed by atoms with Crippen LogP contribution in [0.2, 0.25) is 0 Å². The van der Waals surface area contributed by atoms with Gasteiger partial charge in [-0.15, -0.1) is 0 Å². The molecule has 2 atom stereocenters. The molecule has 1 amide bonds. The van der Waals surface area contributed by atoms with E-state index >= 15 is 0 Å². The first kappa shape index (κ1) is 18.6. The van der Waals surface area contributed by atoms with Crippen LogP contribution in [0.15, 0.2) is 12.1 Å². The summed E-state index contributed by atoms with van der Waals surface area (Å²) >= 11 is 0. The van der Waals surface area contributed by atoms with Gasteiger partial charge in [-0.2, -0.15) is 0 Å². The van der Waals surface area contributed by atoms with Crippen LogP contribution in [0.3, 0.4) is 0 Å². The number of carbonyl (C=O) groups is 1. The molecule has 0 saturated heterocycles. The van der Waals surface area contributed by atoms with Gasteiger partial charge in [-0.3, -0.25) is 10.2 Å². The van der Waals surface area contributed by atoms with Crippen molar-refractivity contribution in [3.63, 3.8) is 0 Å². The molecular formula is C22H28N4O3. The number of hydrazine groups is 1. The van der Waals surface area contributed by atoms with Crippen LogP contribution < -0.4 is 20.3 Å². The minimum absolute atomic E-state index is 0.0331. The molecular weight excluding hydrogens is 368 g/mol. The first-order valence-corrected chi connectivity index (χ1v) is 10.2. The van der Waals surface area contributed by atoms with Crippen molar-refractivity contribution in [2.24, 2.45) is 5.41 Å². The molecule has 2 aromatic rings. The number of amides is 1. The minimum atomic E-state index is -0.729. The summed E-state index contributed by atoms with van der Waals surface area (Å²) in [5.74, 6) is 1.34. The summed E-state index contributed by atoms with van der Waals surface area (Å²) in [5, 5.41) is 0. The molecule has 1 saturated carbocycles. The monoisotopic (exact) mass is 396 g/mol. The molecule has 29 heavy (non-hydrogen) atoms. The summed E-state index contributed by atoms with van der Waals surface area (Å²) in [5.41, 5.74) is 7.88. The lowest BCUT2D eigenvalue weighted by Gasteiger charge is -2.40. The Labute approximate surface area is 170 Å². The van der Waals surface area contributed by atoms with E-state index in [0.29, 0.717) is 11.5 Å². The number of nitrogens with one attached hydrogen (secondary N) is 2. The molecule has 0 radical (unpaired) electrons. The van der Waals surface area contributed by atoms with E-state index in [1.807, 2.05) is 32.9 Å². The predicted molar refractivity (Wildman–Crippen MR) is 109 cm³/mol. The van der Waals surface area contributed by atoms with Crippen molar-refractivity contribution in [1.82, 2.24) is 20.8 Å². The van der Waals surface area contributed by atoms with E-state index in [-0.39, 0.29) is 29.1 Å². The van der Waals surface area contributed by atoms with Crippen molar-refractivity contribution in [1.29, 1.82) is 0 Å². The van der Waals surface area contributed by atoms with E-state index in [0.717, 1.165) is 35.3 Å². The molecule has 0 spiro atoms. The van der Waals surface area contributed by atoms with Crippen molar-refractivity contribution in [2.75, 3.05) is 6.79 Å². The van der Waals surface area contributed by atoms with Gasteiger partial charge in [0, 0.05) is 23.1 Å². The van der Waals surface area contributed by atoms with Crippen LogP contribution in [-0.4, -0.2) is 28.2 Å². The fourth-order valence-electron chi connectivity index (χ4n) is 5.35. The van der Waals surface area contributed by atoms with Gasteiger partial charge in [0.1, 0.15) is 5.41 Å². The lowest BCUT2D eigenvalue weighted by molar-refractivity contribution is -0.132. The van der Waals surface area contributed by atoms with Crippen LogP contribution >= 0.6 is 0 Å². The number of benzene rings is 1. The highest BCUT2D eigenvalue weighted by atomic mass is 16.7. The van der Waals surface area contributed by atoms with Crippen LogP contribution in [0.25, 0.3) is 11.0 Å². The third kappa shape index (κ3) is 2.19. The van der Waals surface area contributed by atoms with Crippen molar-refractivity contribution < 1.29 is 14.3 Å².